The van der Waals surface area contributed by atoms with Crippen molar-refractivity contribution in [2.24, 2.45) is 22.7 Å². The topological polar surface area (TPSA) is 69.9 Å². The highest BCUT2D eigenvalue weighted by atomic mass is 32.1. The second kappa shape index (κ2) is 8.94. The minimum absolute atomic E-state index is 0.0768. The molecule has 4 unspecified atom stereocenters. The number of carbonyl (C=O) groups is 1. The number of rotatable bonds is 7. The molecule has 0 bridgehead atoms. The number of hydrogen-bond donors (Lipinski definition) is 3. The zero-order valence-electron chi connectivity index (χ0n) is 15.9. The van der Waals surface area contributed by atoms with Crippen LogP contribution < -0.4 is 0 Å². The van der Waals surface area contributed by atoms with Crippen LogP contribution in [0.5, 0.6) is 0 Å². The summed E-state index contributed by atoms with van der Waals surface area (Å²) in [4.78, 5) is 15.8. The lowest BCUT2D eigenvalue weighted by atomic mass is 9.81. The summed E-state index contributed by atoms with van der Waals surface area (Å²) in [6.07, 6.45) is 17.7. The number of nitrogens with zero attached hydrogens (tertiary/aromatic N) is 1. The van der Waals surface area contributed by atoms with Crippen molar-refractivity contribution in [3.05, 3.63) is 12.2 Å². The molecule has 0 saturated heterocycles. The third kappa shape index (κ3) is 4.67. The third-order valence-electron chi connectivity index (χ3n) is 6.63. The maximum Gasteiger partial charge on any atom is 0.185 e. The quantitative estimate of drug-likeness (QED) is 0.355. The molecule has 3 rings (SSSR count). The summed E-state index contributed by atoms with van der Waals surface area (Å²) in [7, 11) is 0. The van der Waals surface area contributed by atoms with E-state index in [1.807, 2.05) is 12.2 Å². The van der Waals surface area contributed by atoms with E-state index in [0.29, 0.717) is 18.8 Å². The van der Waals surface area contributed by atoms with Gasteiger partial charge in [-0.1, -0.05) is 37.3 Å². The van der Waals surface area contributed by atoms with Gasteiger partial charge in [0.15, 0.2) is 5.12 Å². The fraction of sp³-hybridized carbons (Fsp3) is 0.727. The summed E-state index contributed by atoms with van der Waals surface area (Å²) in [6.45, 7) is 0. The molecule has 0 radical (unpaired) electrons. The van der Waals surface area contributed by atoms with E-state index in [2.05, 4.69) is 18.5 Å². The number of aliphatic hydroxyl groups excluding tert-OH is 2. The predicted molar refractivity (Wildman–Crippen MR) is 111 cm³/mol. The van der Waals surface area contributed by atoms with Gasteiger partial charge in [-0.15, -0.1) is 19.1 Å². The summed E-state index contributed by atoms with van der Waals surface area (Å²) in [6, 6.07) is 0. The number of terminal acetylenes is 1. The van der Waals surface area contributed by atoms with Gasteiger partial charge in [0.25, 0.3) is 0 Å². The van der Waals surface area contributed by atoms with Crippen LogP contribution in [-0.4, -0.2) is 38.8 Å². The molecule has 5 heteroatoms. The Morgan fingerprint density at radius 3 is 2.81 bits per heavy atom. The number of hydrogen-bond acceptors (Lipinski definition) is 4. The van der Waals surface area contributed by atoms with Gasteiger partial charge in [0.05, 0.1) is 12.2 Å². The summed E-state index contributed by atoms with van der Waals surface area (Å²) < 4.78 is 0. The van der Waals surface area contributed by atoms with E-state index in [1.54, 1.807) is 0 Å². The molecule has 5 atom stereocenters. The van der Waals surface area contributed by atoms with Crippen molar-refractivity contribution in [3.8, 4) is 12.3 Å². The molecule has 27 heavy (non-hydrogen) atoms. The second-order valence-electron chi connectivity index (χ2n) is 8.43. The highest BCUT2D eigenvalue weighted by Crippen LogP contribution is 2.50. The number of fused-ring (bicyclic) bond motifs is 1. The average Bonchev–Trinajstić information content (AvgIpc) is 3.12. The summed E-state index contributed by atoms with van der Waals surface area (Å²) in [5.74, 6) is 3.19. The minimum Gasteiger partial charge on any atom is -0.392 e. The van der Waals surface area contributed by atoms with Gasteiger partial charge in [-0.3, -0.25) is 9.79 Å². The second-order valence-corrected chi connectivity index (χ2v) is 8.93. The van der Waals surface area contributed by atoms with Crippen LogP contribution in [0, 0.1) is 30.1 Å². The lowest BCUT2D eigenvalue weighted by Crippen LogP contribution is -2.27. The van der Waals surface area contributed by atoms with Gasteiger partial charge in [0.2, 0.25) is 0 Å². The maximum atomic E-state index is 11.0. The van der Waals surface area contributed by atoms with Gasteiger partial charge in [-0.25, -0.2) is 0 Å². The number of aliphatic hydroxyl groups is 2. The normalized spacial score (nSPS) is 35.0. The van der Waals surface area contributed by atoms with Crippen LogP contribution in [0.2, 0.25) is 0 Å². The highest BCUT2D eigenvalue weighted by Gasteiger charge is 2.54. The number of thiol groups is 1. The van der Waals surface area contributed by atoms with Crippen LogP contribution in [0.1, 0.15) is 64.2 Å². The van der Waals surface area contributed by atoms with Gasteiger partial charge < -0.3 is 10.2 Å². The van der Waals surface area contributed by atoms with Gasteiger partial charge in [0, 0.05) is 30.4 Å². The molecule has 0 amide bonds. The Kier molecular flexibility index (Phi) is 6.83. The monoisotopic (exact) mass is 389 g/mol. The first-order valence-electron chi connectivity index (χ1n) is 10.3. The molecule has 2 aliphatic carbocycles. The zero-order chi connectivity index (χ0) is 19.4. The molecule has 4 nitrogen and oxygen atoms in total. The Bertz CT molecular complexity index is 646. The van der Waals surface area contributed by atoms with Crippen molar-refractivity contribution in [1.29, 1.82) is 0 Å². The van der Waals surface area contributed by atoms with E-state index >= 15 is 0 Å². The van der Waals surface area contributed by atoms with Crippen LogP contribution in [-0.2, 0) is 4.79 Å². The average molecular weight is 390 g/mol. The lowest BCUT2D eigenvalue weighted by molar-refractivity contribution is -0.110. The zero-order valence-corrected chi connectivity index (χ0v) is 16.8. The third-order valence-corrected chi connectivity index (χ3v) is 6.85. The largest absolute Gasteiger partial charge is 0.392 e. The number of carbonyl (C=O) groups excluding carboxylic acids is 1. The van der Waals surface area contributed by atoms with Crippen molar-refractivity contribution < 1.29 is 15.0 Å². The SMILES string of the molecule is C#CC12CC(O)C(C=C[C@@H](O)C3CCCCC3)C1CC(CCCC(=O)S)=N2. The molecule has 148 valence electrons. The smallest absolute Gasteiger partial charge is 0.185 e. The molecule has 2 fully saturated rings. The van der Waals surface area contributed by atoms with Crippen LogP contribution in [0.25, 0.3) is 0 Å². The van der Waals surface area contributed by atoms with E-state index in [0.717, 1.165) is 37.8 Å². The molecular weight excluding hydrogens is 358 g/mol. The Labute approximate surface area is 167 Å². The minimum atomic E-state index is -0.634. The number of aliphatic imine (C=N–C) groups is 1. The van der Waals surface area contributed by atoms with E-state index in [4.69, 9.17) is 11.4 Å². The fourth-order valence-corrected chi connectivity index (χ4v) is 5.30. The van der Waals surface area contributed by atoms with E-state index in [9.17, 15) is 15.0 Å². The van der Waals surface area contributed by atoms with Crippen LogP contribution in [0.15, 0.2) is 17.1 Å². The van der Waals surface area contributed by atoms with Crippen LogP contribution in [0.4, 0.5) is 0 Å². The van der Waals surface area contributed by atoms with Crippen molar-refractivity contribution in [1.82, 2.24) is 0 Å². The molecular formula is C22H31NO3S. The molecule has 3 aliphatic rings. The van der Waals surface area contributed by atoms with Crippen LogP contribution in [0.3, 0.4) is 0 Å². The van der Waals surface area contributed by atoms with Crippen LogP contribution >= 0.6 is 12.6 Å². The molecule has 2 saturated carbocycles. The summed E-state index contributed by atoms with van der Waals surface area (Å²) >= 11 is 3.81. The van der Waals surface area contributed by atoms with Crippen molar-refractivity contribution in [2.45, 2.75) is 82.0 Å². The molecule has 0 aromatic carbocycles. The summed E-state index contributed by atoms with van der Waals surface area (Å²) in [5.41, 5.74) is 0.413. The molecule has 1 heterocycles. The van der Waals surface area contributed by atoms with Crippen molar-refractivity contribution in [3.63, 3.8) is 0 Å². The van der Waals surface area contributed by atoms with Gasteiger partial charge in [-0.2, -0.15) is 0 Å². The Hall–Kier alpha value is -1.09. The first kappa shape index (κ1) is 20.6. The first-order valence-corrected chi connectivity index (χ1v) is 10.7. The van der Waals surface area contributed by atoms with Gasteiger partial charge in [-0.05, 0) is 38.0 Å². The van der Waals surface area contributed by atoms with E-state index in [1.165, 1.54) is 19.3 Å². The molecule has 1 aliphatic heterocycles. The van der Waals surface area contributed by atoms with E-state index in [-0.39, 0.29) is 17.0 Å². The van der Waals surface area contributed by atoms with Crippen molar-refractivity contribution >= 4 is 23.5 Å². The van der Waals surface area contributed by atoms with Crippen molar-refractivity contribution in [2.75, 3.05) is 0 Å². The Balaban J connectivity index is 1.65. The standard InChI is InChI=1S/C22H31NO3S/c1-2-22-14-20(25)17(11-12-19(24)15-7-4-3-5-8-15)18(22)13-16(23-22)9-6-10-21(26)27/h1,11-12,15,17-20,24-25H,3-10,13-14H2,(H,26,27)/t17?,18?,19-,20?,22?/m1/s1. The molecule has 0 aromatic heterocycles. The highest BCUT2D eigenvalue weighted by molar-refractivity contribution is 7.96. The van der Waals surface area contributed by atoms with Gasteiger partial charge >= 0.3 is 0 Å². The van der Waals surface area contributed by atoms with E-state index < -0.39 is 17.7 Å². The van der Waals surface area contributed by atoms with Gasteiger partial charge in [0.1, 0.15) is 5.54 Å². The first-order chi connectivity index (χ1) is 12.9. The molecule has 2 N–H and O–H groups in total. The lowest BCUT2D eigenvalue weighted by Gasteiger charge is -2.26. The molecule has 0 spiro atoms. The fourth-order valence-electron chi connectivity index (χ4n) is 5.15. The summed E-state index contributed by atoms with van der Waals surface area (Å²) in [5, 5.41) is 21.0. The Morgan fingerprint density at radius 2 is 2.15 bits per heavy atom. The maximum absolute atomic E-state index is 11.0. The Morgan fingerprint density at radius 1 is 1.41 bits per heavy atom. The molecule has 0 aromatic rings. The predicted octanol–water partition coefficient (Wildman–Crippen LogP) is 3.32.